The number of amides is 1. The van der Waals surface area contributed by atoms with Crippen LogP contribution in [0.25, 0.3) is 17.1 Å². The standard InChI is InChI=1S/C25H31N5O2S/c1-4-32-22-13-11-21(12-14-22)30-24(19-6-5-15-26-16-19)27-28-25(30)33-17-23(31)29(3)20-9-7-18(2)8-10-20/h5-6,11-16,18,20H,4,7-10,17H2,1-3H3. The lowest BCUT2D eigenvalue weighted by atomic mass is 9.87. The maximum absolute atomic E-state index is 13.0. The first-order chi connectivity index (χ1) is 16.1. The molecule has 0 unspecified atom stereocenters. The van der Waals surface area contributed by atoms with Gasteiger partial charge in [-0.25, -0.2) is 0 Å². The van der Waals surface area contributed by atoms with Gasteiger partial charge in [-0.15, -0.1) is 10.2 Å². The molecule has 0 bridgehead atoms. The van der Waals surface area contributed by atoms with E-state index in [0.717, 1.165) is 35.8 Å². The molecule has 1 fully saturated rings. The van der Waals surface area contributed by atoms with E-state index in [9.17, 15) is 4.79 Å². The number of hydrogen-bond acceptors (Lipinski definition) is 6. The van der Waals surface area contributed by atoms with E-state index in [1.165, 1.54) is 24.6 Å². The fraction of sp³-hybridized carbons (Fsp3) is 0.440. The number of carbonyl (C=O) groups is 1. The normalized spacial score (nSPS) is 18.2. The van der Waals surface area contributed by atoms with Gasteiger partial charge in [0.05, 0.1) is 12.4 Å². The third-order valence-electron chi connectivity index (χ3n) is 6.21. The van der Waals surface area contributed by atoms with Crippen LogP contribution in [0, 0.1) is 5.92 Å². The van der Waals surface area contributed by atoms with E-state index in [-0.39, 0.29) is 5.91 Å². The Morgan fingerprint density at radius 2 is 1.91 bits per heavy atom. The van der Waals surface area contributed by atoms with Crippen molar-refractivity contribution in [2.75, 3.05) is 19.4 Å². The van der Waals surface area contributed by atoms with Gasteiger partial charge >= 0.3 is 0 Å². The van der Waals surface area contributed by atoms with E-state index in [1.54, 1.807) is 12.4 Å². The van der Waals surface area contributed by atoms with Crippen molar-refractivity contribution in [1.82, 2.24) is 24.6 Å². The predicted octanol–water partition coefficient (Wildman–Crippen LogP) is 4.86. The van der Waals surface area contributed by atoms with E-state index in [2.05, 4.69) is 22.1 Å². The number of thioether (sulfide) groups is 1. The molecule has 2 heterocycles. The maximum Gasteiger partial charge on any atom is 0.233 e. The molecule has 8 heteroatoms. The zero-order valence-electron chi connectivity index (χ0n) is 19.5. The van der Waals surface area contributed by atoms with Gasteiger partial charge in [0.25, 0.3) is 0 Å². The van der Waals surface area contributed by atoms with E-state index >= 15 is 0 Å². The highest BCUT2D eigenvalue weighted by Gasteiger charge is 2.25. The van der Waals surface area contributed by atoms with Crippen LogP contribution in [0.2, 0.25) is 0 Å². The molecule has 0 radical (unpaired) electrons. The summed E-state index contributed by atoms with van der Waals surface area (Å²) < 4.78 is 7.57. The van der Waals surface area contributed by atoms with Crippen LogP contribution in [0.3, 0.4) is 0 Å². The van der Waals surface area contributed by atoms with E-state index in [0.29, 0.717) is 29.4 Å². The van der Waals surface area contributed by atoms with Crippen LogP contribution < -0.4 is 4.74 Å². The number of aromatic nitrogens is 4. The lowest BCUT2D eigenvalue weighted by Gasteiger charge is -2.33. The number of rotatable bonds is 8. The lowest BCUT2D eigenvalue weighted by Crippen LogP contribution is -2.40. The third-order valence-corrected chi connectivity index (χ3v) is 7.12. The molecule has 1 aromatic carbocycles. The first-order valence-corrected chi connectivity index (χ1v) is 12.5. The van der Waals surface area contributed by atoms with Crippen LogP contribution in [0.5, 0.6) is 5.75 Å². The topological polar surface area (TPSA) is 73.1 Å². The first-order valence-electron chi connectivity index (χ1n) is 11.5. The second kappa shape index (κ2) is 10.8. The summed E-state index contributed by atoms with van der Waals surface area (Å²) in [5.41, 5.74) is 1.78. The summed E-state index contributed by atoms with van der Waals surface area (Å²) >= 11 is 1.42. The Balaban J connectivity index is 1.55. The lowest BCUT2D eigenvalue weighted by molar-refractivity contribution is -0.129. The zero-order chi connectivity index (χ0) is 23.2. The van der Waals surface area contributed by atoms with E-state index in [4.69, 9.17) is 4.74 Å². The molecule has 0 aliphatic heterocycles. The van der Waals surface area contributed by atoms with Crippen LogP contribution in [0.15, 0.2) is 53.9 Å². The molecule has 1 saturated carbocycles. The molecule has 4 rings (SSSR count). The molecule has 2 aromatic heterocycles. The number of hydrogen-bond donors (Lipinski definition) is 0. The highest BCUT2D eigenvalue weighted by atomic mass is 32.2. The van der Waals surface area contributed by atoms with Crippen molar-refractivity contribution in [2.24, 2.45) is 5.92 Å². The van der Waals surface area contributed by atoms with Crippen LogP contribution in [-0.4, -0.2) is 56.0 Å². The van der Waals surface area contributed by atoms with E-state index in [1.807, 2.05) is 59.8 Å². The summed E-state index contributed by atoms with van der Waals surface area (Å²) in [5, 5.41) is 9.54. The molecule has 0 saturated heterocycles. The average molecular weight is 466 g/mol. The Morgan fingerprint density at radius 3 is 2.58 bits per heavy atom. The molecular formula is C25H31N5O2S. The van der Waals surface area contributed by atoms with Crippen molar-refractivity contribution >= 4 is 17.7 Å². The Labute approximate surface area is 199 Å². The quantitative estimate of drug-likeness (QED) is 0.443. The molecule has 0 N–H and O–H groups in total. The molecular weight excluding hydrogens is 434 g/mol. The van der Waals surface area contributed by atoms with Gasteiger partial charge in [-0.3, -0.25) is 14.3 Å². The van der Waals surface area contributed by atoms with Crippen molar-refractivity contribution in [1.29, 1.82) is 0 Å². The average Bonchev–Trinajstić information content (AvgIpc) is 3.28. The SMILES string of the molecule is CCOc1ccc(-n2c(SCC(=O)N(C)C3CCC(C)CC3)nnc2-c2cccnc2)cc1. The molecule has 174 valence electrons. The minimum absolute atomic E-state index is 0.128. The minimum Gasteiger partial charge on any atom is -0.494 e. The van der Waals surface area contributed by atoms with Gasteiger partial charge in [0, 0.05) is 36.7 Å². The molecule has 1 aliphatic rings. The summed E-state index contributed by atoms with van der Waals surface area (Å²) in [6.07, 6.45) is 8.05. The highest BCUT2D eigenvalue weighted by molar-refractivity contribution is 7.99. The largest absolute Gasteiger partial charge is 0.494 e. The van der Waals surface area contributed by atoms with Crippen LogP contribution in [-0.2, 0) is 4.79 Å². The van der Waals surface area contributed by atoms with Gasteiger partial charge in [0.15, 0.2) is 11.0 Å². The summed E-state index contributed by atoms with van der Waals surface area (Å²) in [5.74, 6) is 2.72. The smallest absolute Gasteiger partial charge is 0.233 e. The second-order valence-electron chi connectivity index (χ2n) is 8.52. The van der Waals surface area contributed by atoms with Gasteiger partial charge < -0.3 is 9.64 Å². The van der Waals surface area contributed by atoms with Crippen molar-refractivity contribution < 1.29 is 9.53 Å². The fourth-order valence-electron chi connectivity index (χ4n) is 4.20. The van der Waals surface area contributed by atoms with Gasteiger partial charge in [0.2, 0.25) is 5.91 Å². The van der Waals surface area contributed by atoms with Crippen molar-refractivity contribution in [3.63, 3.8) is 0 Å². The fourth-order valence-corrected chi connectivity index (χ4v) is 5.07. The number of ether oxygens (including phenoxy) is 1. The molecule has 7 nitrogen and oxygen atoms in total. The molecule has 1 amide bonds. The molecule has 1 aliphatic carbocycles. The van der Waals surface area contributed by atoms with Crippen molar-refractivity contribution in [3.05, 3.63) is 48.8 Å². The predicted molar refractivity (Wildman–Crippen MR) is 131 cm³/mol. The summed E-state index contributed by atoms with van der Waals surface area (Å²) in [6.45, 7) is 4.87. The van der Waals surface area contributed by atoms with E-state index < -0.39 is 0 Å². The van der Waals surface area contributed by atoms with Crippen molar-refractivity contribution in [3.8, 4) is 22.8 Å². The third kappa shape index (κ3) is 5.55. The van der Waals surface area contributed by atoms with Crippen LogP contribution in [0.1, 0.15) is 39.5 Å². The summed E-state index contributed by atoms with van der Waals surface area (Å²) in [6, 6.07) is 12.0. The van der Waals surface area contributed by atoms with Gasteiger partial charge in [-0.05, 0) is 74.9 Å². The van der Waals surface area contributed by atoms with Gasteiger partial charge in [-0.2, -0.15) is 0 Å². The number of carbonyl (C=O) groups excluding carboxylic acids is 1. The van der Waals surface area contributed by atoms with Gasteiger partial charge in [0.1, 0.15) is 5.75 Å². The molecule has 3 aromatic rings. The molecule has 0 atom stereocenters. The molecule has 33 heavy (non-hydrogen) atoms. The number of benzene rings is 1. The van der Waals surface area contributed by atoms with Crippen LogP contribution in [0.4, 0.5) is 0 Å². The second-order valence-corrected chi connectivity index (χ2v) is 9.46. The first kappa shape index (κ1) is 23.3. The van der Waals surface area contributed by atoms with Crippen molar-refractivity contribution in [2.45, 2.75) is 50.7 Å². The minimum atomic E-state index is 0.128. The Bertz CT molecular complexity index is 1050. The number of nitrogens with zero attached hydrogens (tertiary/aromatic N) is 5. The maximum atomic E-state index is 13.0. The monoisotopic (exact) mass is 465 g/mol. The van der Waals surface area contributed by atoms with Crippen LogP contribution >= 0.6 is 11.8 Å². The Hall–Kier alpha value is -2.87. The summed E-state index contributed by atoms with van der Waals surface area (Å²) in [4.78, 5) is 19.1. The summed E-state index contributed by atoms with van der Waals surface area (Å²) in [7, 11) is 1.93. The number of pyridine rings is 1. The van der Waals surface area contributed by atoms with Gasteiger partial charge in [-0.1, -0.05) is 18.7 Å². The Morgan fingerprint density at radius 1 is 1.15 bits per heavy atom. The zero-order valence-corrected chi connectivity index (χ0v) is 20.3. The molecule has 0 spiro atoms. The Kier molecular flexibility index (Phi) is 7.65. The highest BCUT2D eigenvalue weighted by Crippen LogP contribution is 2.30.